The zero-order chi connectivity index (χ0) is 12.6. The predicted molar refractivity (Wildman–Crippen MR) is 69.2 cm³/mol. The van der Waals surface area contributed by atoms with E-state index in [0.29, 0.717) is 17.0 Å². The van der Waals surface area contributed by atoms with E-state index < -0.39 is 5.97 Å². The molecule has 0 amide bonds. The Balaban J connectivity index is 2.83. The fraction of sp³-hybridized carbons (Fsp3) is 0.250. The van der Waals surface area contributed by atoms with Crippen molar-refractivity contribution in [3.63, 3.8) is 0 Å². The Labute approximate surface area is 109 Å². The van der Waals surface area contributed by atoms with E-state index in [0.717, 1.165) is 11.9 Å². The molecule has 1 heterocycles. The first-order valence-electron chi connectivity index (χ1n) is 5.26. The molecule has 0 bridgehead atoms. The van der Waals surface area contributed by atoms with Crippen LogP contribution in [0.1, 0.15) is 23.7 Å². The minimum absolute atomic E-state index is 0.123. The standard InChI is InChI=1S/C12H11Cl2NO2/c1-2-5-15-9-4-3-7(13)6-8(9)10(11(15)14)12(16)17/h3-4,6H,2,5H2,1H3,(H,16,17). The molecule has 0 spiro atoms. The third-order valence-corrected chi connectivity index (χ3v) is 3.25. The number of hydrogen-bond acceptors (Lipinski definition) is 1. The Morgan fingerprint density at radius 3 is 2.71 bits per heavy atom. The topological polar surface area (TPSA) is 42.2 Å². The predicted octanol–water partition coefficient (Wildman–Crippen LogP) is 4.06. The van der Waals surface area contributed by atoms with Crippen molar-refractivity contribution in [3.8, 4) is 0 Å². The van der Waals surface area contributed by atoms with Gasteiger partial charge in [0.2, 0.25) is 0 Å². The van der Waals surface area contributed by atoms with Crippen molar-refractivity contribution in [2.24, 2.45) is 0 Å². The summed E-state index contributed by atoms with van der Waals surface area (Å²) >= 11 is 12.0. The quantitative estimate of drug-likeness (QED) is 0.915. The zero-order valence-corrected chi connectivity index (χ0v) is 10.7. The lowest BCUT2D eigenvalue weighted by molar-refractivity contribution is 0.0699. The number of rotatable bonds is 3. The second-order valence-corrected chi connectivity index (χ2v) is 4.58. The maximum atomic E-state index is 11.2. The summed E-state index contributed by atoms with van der Waals surface area (Å²) in [7, 11) is 0. The van der Waals surface area contributed by atoms with Crippen LogP contribution in [-0.2, 0) is 6.54 Å². The lowest BCUT2D eigenvalue weighted by atomic mass is 10.2. The van der Waals surface area contributed by atoms with Crippen LogP contribution in [-0.4, -0.2) is 15.6 Å². The third-order valence-electron chi connectivity index (χ3n) is 2.62. The molecule has 17 heavy (non-hydrogen) atoms. The number of halogens is 2. The normalized spacial score (nSPS) is 11.0. The molecule has 0 radical (unpaired) electrons. The van der Waals surface area contributed by atoms with Gasteiger partial charge in [0.15, 0.2) is 0 Å². The molecular formula is C12H11Cl2NO2. The van der Waals surface area contributed by atoms with Gasteiger partial charge in [0.1, 0.15) is 10.7 Å². The molecule has 0 aliphatic carbocycles. The average Bonchev–Trinajstić information content (AvgIpc) is 2.52. The summed E-state index contributed by atoms with van der Waals surface area (Å²) in [4.78, 5) is 11.2. The van der Waals surface area contributed by atoms with Crippen LogP contribution in [0.25, 0.3) is 10.9 Å². The van der Waals surface area contributed by atoms with Gasteiger partial charge in [0.05, 0.1) is 5.52 Å². The maximum Gasteiger partial charge on any atom is 0.339 e. The molecule has 0 atom stereocenters. The van der Waals surface area contributed by atoms with E-state index in [1.165, 1.54) is 0 Å². The van der Waals surface area contributed by atoms with Crippen molar-refractivity contribution < 1.29 is 9.90 Å². The molecule has 0 saturated carbocycles. The summed E-state index contributed by atoms with van der Waals surface area (Å²) in [6.45, 7) is 2.70. The maximum absolute atomic E-state index is 11.2. The van der Waals surface area contributed by atoms with E-state index in [-0.39, 0.29) is 10.7 Å². The second-order valence-electron chi connectivity index (χ2n) is 3.78. The number of carboxylic acids is 1. The minimum atomic E-state index is -1.03. The Bertz CT molecular complexity index is 590. The fourth-order valence-electron chi connectivity index (χ4n) is 1.94. The number of carbonyl (C=O) groups is 1. The number of carboxylic acid groups (broad SMARTS) is 1. The molecule has 2 aromatic rings. The number of aromatic nitrogens is 1. The Kier molecular flexibility index (Phi) is 3.31. The van der Waals surface area contributed by atoms with Gasteiger partial charge >= 0.3 is 5.97 Å². The van der Waals surface area contributed by atoms with Crippen LogP contribution in [0.3, 0.4) is 0 Å². The SMILES string of the molecule is CCCn1c(Cl)c(C(=O)O)c2cc(Cl)ccc21. The van der Waals surface area contributed by atoms with Crippen molar-refractivity contribution in [3.05, 3.63) is 33.9 Å². The number of aryl methyl sites for hydroxylation is 1. The third kappa shape index (κ3) is 2.01. The van der Waals surface area contributed by atoms with Crippen LogP contribution in [0.4, 0.5) is 0 Å². The molecule has 2 rings (SSSR count). The van der Waals surface area contributed by atoms with Crippen LogP contribution in [0, 0.1) is 0 Å². The van der Waals surface area contributed by atoms with Crippen LogP contribution in [0.5, 0.6) is 0 Å². The summed E-state index contributed by atoms with van der Waals surface area (Å²) in [6, 6.07) is 5.17. The van der Waals surface area contributed by atoms with Gasteiger partial charge in [-0.15, -0.1) is 0 Å². The smallest absolute Gasteiger partial charge is 0.339 e. The van der Waals surface area contributed by atoms with Crippen LogP contribution in [0.2, 0.25) is 10.2 Å². The van der Waals surface area contributed by atoms with Crippen LogP contribution in [0.15, 0.2) is 18.2 Å². The summed E-state index contributed by atoms with van der Waals surface area (Å²) in [5.41, 5.74) is 0.927. The first kappa shape index (κ1) is 12.3. The van der Waals surface area contributed by atoms with E-state index >= 15 is 0 Å². The van der Waals surface area contributed by atoms with Gasteiger partial charge < -0.3 is 9.67 Å². The van der Waals surface area contributed by atoms with E-state index in [4.69, 9.17) is 23.2 Å². The molecular weight excluding hydrogens is 261 g/mol. The Morgan fingerprint density at radius 2 is 2.12 bits per heavy atom. The lowest BCUT2D eigenvalue weighted by Crippen LogP contribution is -1.99. The molecule has 0 fully saturated rings. The van der Waals surface area contributed by atoms with Crippen molar-refractivity contribution in [1.82, 2.24) is 4.57 Å². The first-order chi connectivity index (χ1) is 8.06. The van der Waals surface area contributed by atoms with Gasteiger partial charge in [-0.1, -0.05) is 30.1 Å². The van der Waals surface area contributed by atoms with Crippen molar-refractivity contribution in [2.75, 3.05) is 0 Å². The minimum Gasteiger partial charge on any atom is -0.478 e. The average molecular weight is 272 g/mol. The molecule has 1 N–H and O–H groups in total. The van der Waals surface area contributed by atoms with Gasteiger partial charge in [-0.05, 0) is 24.6 Å². The molecule has 1 aromatic carbocycles. The Hall–Kier alpha value is -1.19. The van der Waals surface area contributed by atoms with Gasteiger partial charge in [-0.25, -0.2) is 4.79 Å². The number of hydrogen-bond donors (Lipinski definition) is 1. The highest BCUT2D eigenvalue weighted by Crippen LogP contribution is 2.32. The van der Waals surface area contributed by atoms with Crippen LogP contribution < -0.4 is 0 Å². The molecule has 0 aliphatic heterocycles. The molecule has 5 heteroatoms. The van der Waals surface area contributed by atoms with Gasteiger partial charge in [-0.3, -0.25) is 0 Å². The fourth-order valence-corrected chi connectivity index (χ4v) is 2.47. The van der Waals surface area contributed by atoms with Crippen molar-refractivity contribution in [1.29, 1.82) is 0 Å². The highest BCUT2D eigenvalue weighted by atomic mass is 35.5. The molecule has 0 saturated heterocycles. The number of nitrogens with zero attached hydrogens (tertiary/aromatic N) is 1. The summed E-state index contributed by atoms with van der Waals surface area (Å²) in [5.74, 6) is -1.03. The van der Waals surface area contributed by atoms with E-state index in [1.54, 1.807) is 22.8 Å². The summed E-state index contributed by atoms with van der Waals surface area (Å²) in [6.07, 6.45) is 0.880. The second kappa shape index (κ2) is 4.59. The first-order valence-corrected chi connectivity index (χ1v) is 6.02. The monoisotopic (exact) mass is 271 g/mol. The molecule has 1 aromatic heterocycles. The van der Waals surface area contributed by atoms with E-state index in [1.807, 2.05) is 6.92 Å². The van der Waals surface area contributed by atoms with Gasteiger partial charge in [-0.2, -0.15) is 0 Å². The number of fused-ring (bicyclic) bond motifs is 1. The van der Waals surface area contributed by atoms with E-state index in [2.05, 4.69) is 0 Å². The lowest BCUT2D eigenvalue weighted by Gasteiger charge is -2.04. The van der Waals surface area contributed by atoms with Crippen LogP contribution >= 0.6 is 23.2 Å². The molecule has 0 aliphatic rings. The number of benzene rings is 1. The number of aromatic carboxylic acids is 1. The highest BCUT2D eigenvalue weighted by Gasteiger charge is 2.20. The van der Waals surface area contributed by atoms with Crippen molar-refractivity contribution in [2.45, 2.75) is 19.9 Å². The zero-order valence-electron chi connectivity index (χ0n) is 9.20. The molecule has 3 nitrogen and oxygen atoms in total. The molecule has 0 unspecified atom stereocenters. The van der Waals surface area contributed by atoms with Crippen molar-refractivity contribution >= 4 is 40.1 Å². The van der Waals surface area contributed by atoms with E-state index in [9.17, 15) is 9.90 Å². The highest BCUT2D eigenvalue weighted by molar-refractivity contribution is 6.36. The largest absolute Gasteiger partial charge is 0.478 e. The van der Waals surface area contributed by atoms with Gasteiger partial charge in [0.25, 0.3) is 0 Å². The van der Waals surface area contributed by atoms with Gasteiger partial charge in [0, 0.05) is 17.0 Å². The summed E-state index contributed by atoms with van der Waals surface area (Å²) in [5, 5.41) is 10.5. The molecule has 90 valence electrons. The summed E-state index contributed by atoms with van der Waals surface area (Å²) < 4.78 is 1.80. The Morgan fingerprint density at radius 1 is 1.41 bits per heavy atom.